The van der Waals surface area contributed by atoms with Gasteiger partial charge in [0.05, 0.1) is 6.04 Å². The number of alkyl halides is 1. The van der Waals surface area contributed by atoms with Crippen LogP contribution in [-0.4, -0.2) is 6.10 Å². The summed E-state index contributed by atoms with van der Waals surface area (Å²) in [4.78, 5) is 2.45. The number of para-hydroxylation sites is 3. The quantitative estimate of drug-likeness (QED) is 0.101. The van der Waals surface area contributed by atoms with Gasteiger partial charge in [-0.05, 0) is 103 Å². The molecular weight excluding hydrogens is 956 g/mol. The van der Waals surface area contributed by atoms with Crippen molar-refractivity contribution in [2.45, 2.75) is 41.5 Å². The van der Waals surface area contributed by atoms with Crippen molar-refractivity contribution in [3.05, 3.63) is 304 Å². The van der Waals surface area contributed by atoms with E-state index in [4.69, 9.17) is 9.15 Å². The van der Waals surface area contributed by atoms with Crippen molar-refractivity contribution in [3.63, 3.8) is 0 Å². The van der Waals surface area contributed by atoms with E-state index < -0.39 is 5.15 Å². The van der Waals surface area contributed by atoms with E-state index >= 15 is 4.39 Å². The molecule has 2 aliphatic heterocycles. The fraction of sp³-hybridized carbons (Fsp3) is 0.101. The average molecular weight is 1010 g/mol. The predicted molar refractivity (Wildman–Crippen MR) is 315 cm³/mol. The smallest absolute Gasteiger partial charge is 0.160 e. The number of fused-ring (bicyclic) bond motifs is 8. The molecule has 1 aliphatic carbocycles. The SMILES string of the molecule is FC(P)(P)c1ccc(N2C(c3ccc4cc(C(c5ccccc5)c5cccc6c5OC5C=CC=CC65)ccc4c3)=CCC2c2ccc3cc(C(c4ccccc4)c4cccc5c4oc4ccccc45)ccc3c2)cc1. The molecule has 75 heavy (non-hydrogen) atoms. The van der Waals surface area contributed by atoms with Crippen LogP contribution in [-0.2, 0) is 5.15 Å². The van der Waals surface area contributed by atoms with Crippen LogP contribution in [0.2, 0.25) is 0 Å². The van der Waals surface area contributed by atoms with E-state index in [0.29, 0.717) is 5.56 Å². The van der Waals surface area contributed by atoms with Crippen molar-refractivity contribution in [1.82, 2.24) is 0 Å². The van der Waals surface area contributed by atoms with Gasteiger partial charge in [0.25, 0.3) is 0 Å². The lowest BCUT2D eigenvalue weighted by Gasteiger charge is -2.31. The van der Waals surface area contributed by atoms with Gasteiger partial charge in [0, 0.05) is 56.6 Å². The van der Waals surface area contributed by atoms with E-state index in [0.717, 1.165) is 56.6 Å². The number of allylic oxidation sites excluding steroid dienone is 2. The van der Waals surface area contributed by atoms with Gasteiger partial charge in [0.1, 0.15) is 23.0 Å². The number of halogens is 1. The summed E-state index contributed by atoms with van der Waals surface area (Å²) >= 11 is 0. The topological polar surface area (TPSA) is 25.6 Å². The van der Waals surface area contributed by atoms with Gasteiger partial charge >= 0.3 is 0 Å². The molecule has 6 heteroatoms. The Morgan fingerprint density at radius 3 is 1.89 bits per heavy atom. The minimum atomic E-state index is -1.62. The van der Waals surface area contributed by atoms with Crippen molar-refractivity contribution >= 4 is 73.3 Å². The highest BCUT2D eigenvalue weighted by Gasteiger charge is 2.36. The fourth-order valence-electron chi connectivity index (χ4n) is 12.3. The van der Waals surface area contributed by atoms with Crippen LogP contribution in [0.15, 0.2) is 253 Å². The highest BCUT2D eigenvalue weighted by molar-refractivity contribution is 7.38. The number of benzene rings is 10. The Labute approximate surface area is 441 Å². The Hall–Kier alpha value is -7.87. The number of rotatable bonds is 10. The molecule has 0 fully saturated rings. The molecule has 7 atom stereocenters. The third-order valence-corrected chi connectivity index (χ3v) is 16.6. The van der Waals surface area contributed by atoms with E-state index in [9.17, 15) is 0 Å². The molecule has 3 nitrogen and oxygen atoms in total. The van der Waals surface area contributed by atoms with E-state index in [2.05, 4.69) is 254 Å². The van der Waals surface area contributed by atoms with Crippen molar-refractivity contribution in [2.75, 3.05) is 4.90 Å². The normalized spacial score (nSPS) is 17.8. The summed E-state index contributed by atoms with van der Waals surface area (Å²) in [5.41, 5.74) is 15.3. The second-order valence-electron chi connectivity index (χ2n) is 20.4. The summed E-state index contributed by atoms with van der Waals surface area (Å²) in [7, 11) is 4.62. The van der Waals surface area contributed by atoms with E-state index in [-0.39, 0.29) is 29.9 Å². The minimum absolute atomic E-state index is 0.00847. The summed E-state index contributed by atoms with van der Waals surface area (Å²) in [5.74, 6) is 1.16. The van der Waals surface area contributed by atoms with Crippen LogP contribution in [0.5, 0.6) is 5.75 Å². The van der Waals surface area contributed by atoms with E-state index in [1.807, 2.05) is 18.2 Å². The van der Waals surface area contributed by atoms with E-state index in [1.54, 1.807) is 0 Å². The number of anilines is 1. The minimum Gasteiger partial charge on any atom is -0.485 e. The molecule has 0 saturated carbocycles. The van der Waals surface area contributed by atoms with Crippen LogP contribution >= 0.6 is 18.5 Å². The second kappa shape index (κ2) is 18.5. The van der Waals surface area contributed by atoms with Crippen LogP contribution in [0.25, 0.3) is 49.2 Å². The first-order valence-corrected chi connectivity index (χ1v) is 27.0. The zero-order valence-corrected chi connectivity index (χ0v) is 43.4. The van der Waals surface area contributed by atoms with Gasteiger partial charge in [-0.3, -0.25) is 0 Å². The highest BCUT2D eigenvalue weighted by Crippen LogP contribution is 2.50. The largest absolute Gasteiger partial charge is 0.485 e. The van der Waals surface area contributed by atoms with Gasteiger partial charge in [-0.1, -0.05) is 231 Å². The average Bonchev–Trinajstić information content (AvgIpc) is 4.19. The van der Waals surface area contributed by atoms with Crippen LogP contribution in [0.1, 0.15) is 85.9 Å². The van der Waals surface area contributed by atoms with Gasteiger partial charge in [0.2, 0.25) is 0 Å². The van der Waals surface area contributed by atoms with Crippen LogP contribution in [0.3, 0.4) is 0 Å². The molecule has 3 heterocycles. The van der Waals surface area contributed by atoms with Crippen molar-refractivity contribution in [3.8, 4) is 5.75 Å². The Bertz CT molecular complexity index is 4100. The molecule has 10 aromatic carbocycles. The Balaban J connectivity index is 0.817. The number of hydrogen-bond acceptors (Lipinski definition) is 3. The summed E-state index contributed by atoms with van der Waals surface area (Å²) in [6.45, 7) is 0. The molecule has 0 N–H and O–H groups in total. The van der Waals surface area contributed by atoms with Gasteiger partial charge in [0.15, 0.2) is 5.15 Å². The van der Waals surface area contributed by atoms with E-state index in [1.165, 1.54) is 60.5 Å². The molecule has 362 valence electrons. The van der Waals surface area contributed by atoms with Crippen molar-refractivity contribution in [1.29, 1.82) is 0 Å². The van der Waals surface area contributed by atoms with Gasteiger partial charge < -0.3 is 14.1 Å². The fourth-order valence-corrected chi connectivity index (χ4v) is 12.7. The molecule has 0 radical (unpaired) electrons. The highest BCUT2D eigenvalue weighted by atomic mass is 31.1. The lowest BCUT2D eigenvalue weighted by atomic mass is 9.82. The summed E-state index contributed by atoms with van der Waals surface area (Å²) in [6, 6.07) is 78.7. The maximum atomic E-state index is 15.3. The van der Waals surface area contributed by atoms with Gasteiger partial charge in [-0.25, -0.2) is 4.39 Å². The first-order chi connectivity index (χ1) is 36.8. The maximum absolute atomic E-state index is 15.3. The summed E-state index contributed by atoms with van der Waals surface area (Å²) in [5, 5.41) is 5.34. The third kappa shape index (κ3) is 8.11. The molecule has 0 bridgehead atoms. The Morgan fingerprint density at radius 1 is 0.533 bits per heavy atom. The summed E-state index contributed by atoms with van der Waals surface area (Å²) < 4.78 is 28.7. The third-order valence-electron chi connectivity index (χ3n) is 15.9. The van der Waals surface area contributed by atoms with Crippen LogP contribution < -0.4 is 9.64 Å². The lowest BCUT2D eigenvalue weighted by molar-refractivity contribution is 0.266. The zero-order chi connectivity index (χ0) is 50.2. The Morgan fingerprint density at radius 2 is 1.15 bits per heavy atom. The summed E-state index contributed by atoms with van der Waals surface area (Å²) in [6.07, 6.45) is 11.9. The molecule has 7 unspecified atom stereocenters. The first-order valence-electron chi connectivity index (χ1n) is 25.9. The van der Waals surface area contributed by atoms with Crippen LogP contribution in [0, 0.1) is 0 Å². The second-order valence-corrected chi connectivity index (χ2v) is 22.7. The first kappa shape index (κ1) is 45.7. The molecule has 3 aliphatic rings. The molecule has 0 amide bonds. The lowest BCUT2D eigenvalue weighted by Crippen LogP contribution is -2.23. The monoisotopic (exact) mass is 1010 g/mol. The molecule has 0 spiro atoms. The molecular formula is C69H52FNO2P2. The standard InChI is InChI=1S/C69H52FNO2P2/c70-69(74,75)53-33-35-54(36-34-53)71-61(49-29-25-47-41-51(31-27-45(47)39-49)65(43-13-3-1-4-14-43)59-21-11-19-57-55-17-7-9-23-63(55)72-67(57)59)37-38-62(71)50-30-26-48-42-52(32-28-46(48)40-50)66(44-15-5-2-6-16-44)60-22-12-20-58-56-18-8-10-24-64(56)73-68(58)60/h1-37,39-42,55,62-63,65-66H,38,74-75H2. The number of nitrogens with zero attached hydrogens (tertiary/aromatic N) is 1. The molecule has 1 aromatic heterocycles. The van der Waals surface area contributed by atoms with Crippen LogP contribution in [0.4, 0.5) is 10.1 Å². The molecule has 11 aromatic rings. The van der Waals surface area contributed by atoms with Gasteiger partial charge in [-0.2, -0.15) is 0 Å². The van der Waals surface area contributed by atoms with Gasteiger partial charge in [-0.15, -0.1) is 0 Å². The Kier molecular flexibility index (Phi) is 11.3. The zero-order valence-electron chi connectivity index (χ0n) is 41.1. The number of ether oxygens (including phenoxy) is 1. The number of hydrogen-bond donors (Lipinski definition) is 0. The maximum Gasteiger partial charge on any atom is 0.160 e. The predicted octanol–water partition coefficient (Wildman–Crippen LogP) is 18.0. The van der Waals surface area contributed by atoms with Crippen molar-refractivity contribution < 1.29 is 13.5 Å². The molecule has 0 saturated heterocycles. The van der Waals surface area contributed by atoms with Crippen molar-refractivity contribution in [2.24, 2.45) is 0 Å². The molecule has 14 rings (SSSR count). The number of furan rings is 1.